The fourth-order valence-corrected chi connectivity index (χ4v) is 3.72. The van der Waals surface area contributed by atoms with Crippen molar-refractivity contribution in [3.05, 3.63) is 29.8 Å². The van der Waals surface area contributed by atoms with Crippen molar-refractivity contribution < 1.29 is 8.42 Å². The number of hydrogen-bond donors (Lipinski definition) is 1. The largest absolute Gasteiger partial charge is 0.307 e. The molecule has 1 fully saturated rings. The third-order valence-electron chi connectivity index (χ3n) is 4.43. The van der Waals surface area contributed by atoms with Crippen LogP contribution in [0.1, 0.15) is 51.1 Å². The van der Waals surface area contributed by atoms with E-state index in [-0.39, 0.29) is 6.04 Å². The maximum Gasteiger partial charge on any atom is 0.175 e. The van der Waals surface area contributed by atoms with Gasteiger partial charge in [-0.05, 0) is 50.3 Å². The second kappa shape index (κ2) is 6.27. The van der Waals surface area contributed by atoms with Gasteiger partial charge in [-0.1, -0.05) is 25.0 Å². The van der Waals surface area contributed by atoms with E-state index in [1.54, 1.807) is 12.1 Å². The lowest BCUT2D eigenvalue weighted by Crippen LogP contribution is -2.34. The van der Waals surface area contributed by atoms with Crippen molar-refractivity contribution in [1.82, 2.24) is 5.32 Å². The monoisotopic (exact) mass is 295 g/mol. The van der Waals surface area contributed by atoms with Crippen LogP contribution in [0.15, 0.2) is 29.2 Å². The quantitative estimate of drug-likeness (QED) is 0.906. The lowest BCUT2D eigenvalue weighted by molar-refractivity contribution is 0.352. The molecule has 1 aliphatic carbocycles. The van der Waals surface area contributed by atoms with Gasteiger partial charge in [0.2, 0.25) is 0 Å². The zero-order valence-electron chi connectivity index (χ0n) is 12.6. The molecule has 0 radical (unpaired) electrons. The minimum absolute atomic E-state index is 0.249. The minimum Gasteiger partial charge on any atom is -0.307 e. The second-order valence-corrected chi connectivity index (χ2v) is 8.08. The molecule has 2 unspecified atom stereocenters. The van der Waals surface area contributed by atoms with E-state index in [4.69, 9.17) is 0 Å². The first-order valence-corrected chi connectivity index (χ1v) is 9.33. The highest BCUT2D eigenvalue weighted by molar-refractivity contribution is 7.90. The molecule has 1 aromatic carbocycles. The molecule has 1 aromatic rings. The molecule has 20 heavy (non-hydrogen) atoms. The smallest absolute Gasteiger partial charge is 0.175 e. The van der Waals surface area contributed by atoms with Gasteiger partial charge in [0.25, 0.3) is 0 Å². The van der Waals surface area contributed by atoms with Crippen LogP contribution in [-0.4, -0.2) is 20.7 Å². The maximum absolute atomic E-state index is 11.5. The molecular formula is C16H25NO2S. The Labute approximate surface area is 122 Å². The summed E-state index contributed by atoms with van der Waals surface area (Å²) < 4.78 is 22.9. The molecule has 4 heteroatoms. The summed E-state index contributed by atoms with van der Waals surface area (Å²) in [6.07, 6.45) is 6.61. The van der Waals surface area contributed by atoms with Crippen molar-refractivity contribution in [3.63, 3.8) is 0 Å². The van der Waals surface area contributed by atoms with Crippen molar-refractivity contribution in [2.24, 2.45) is 5.92 Å². The molecule has 2 atom stereocenters. The van der Waals surface area contributed by atoms with Crippen LogP contribution < -0.4 is 5.32 Å². The summed E-state index contributed by atoms with van der Waals surface area (Å²) in [6.45, 7) is 4.40. The highest BCUT2D eigenvalue weighted by Crippen LogP contribution is 2.29. The maximum atomic E-state index is 11.5. The molecule has 0 aromatic heterocycles. The van der Waals surface area contributed by atoms with Crippen molar-refractivity contribution in [1.29, 1.82) is 0 Å². The first kappa shape index (κ1) is 15.5. The number of benzene rings is 1. The summed E-state index contributed by atoms with van der Waals surface area (Å²) in [7, 11) is -3.10. The van der Waals surface area contributed by atoms with Crippen molar-refractivity contribution in [2.75, 3.05) is 6.26 Å². The Bertz CT molecular complexity index is 530. The van der Waals surface area contributed by atoms with E-state index < -0.39 is 9.84 Å². The van der Waals surface area contributed by atoms with E-state index in [2.05, 4.69) is 19.2 Å². The minimum atomic E-state index is -3.10. The fraction of sp³-hybridized carbons (Fsp3) is 0.625. The number of nitrogens with one attached hydrogen (secondary N) is 1. The Morgan fingerprint density at radius 2 is 1.65 bits per heavy atom. The topological polar surface area (TPSA) is 46.2 Å². The molecule has 0 amide bonds. The highest BCUT2D eigenvalue weighted by Gasteiger charge is 2.22. The van der Waals surface area contributed by atoms with Crippen LogP contribution >= 0.6 is 0 Å². The summed E-state index contributed by atoms with van der Waals surface area (Å²) in [5, 5.41) is 3.65. The number of sulfone groups is 1. The number of hydrogen-bond acceptors (Lipinski definition) is 3. The first-order valence-electron chi connectivity index (χ1n) is 7.44. The molecule has 0 bridgehead atoms. The van der Waals surface area contributed by atoms with Gasteiger partial charge in [-0.15, -0.1) is 0 Å². The average molecular weight is 295 g/mol. The predicted molar refractivity (Wildman–Crippen MR) is 82.5 cm³/mol. The molecule has 2 rings (SSSR count). The highest BCUT2D eigenvalue weighted by atomic mass is 32.2. The van der Waals surface area contributed by atoms with Gasteiger partial charge >= 0.3 is 0 Å². The molecule has 1 aliphatic rings. The van der Waals surface area contributed by atoms with Crippen molar-refractivity contribution in [3.8, 4) is 0 Å². The summed E-state index contributed by atoms with van der Waals surface area (Å²) >= 11 is 0. The lowest BCUT2D eigenvalue weighted by Gasteiger charge is -2.25. The molecule has 0 spiro atoms. The van der Waals surface area contributed by atoms with Gasteiger partial charge < -0.3 is 5.32 Å². The lowest BCUT2D eigenvalue weighted by atomic mass is 9.98. The second-order valence-electron chi connectivity index (χ2n) is 6.06. The van der Waals surface area contributed by atoms with Gasteiger partial charge in [0, 0.05) is 18.3 Å². The SMILES string of the molecule is CC(NC(C)C1CCCC1)c1ccc(S(C)(=O)=O)cc1. The molecule has 0 aliphatic heterocycles. The predicted octanol–water partition coefficient (Wildman–Crippen LogP) is 3.32. The molecule has 3 nitrogen and oxygen atoms in total. The van der Waals surface area contributed by atoms with Crippen LogP contribution in [-0.2, 0) is 9.84 Å². The molecule has 1 N–H and O–H groups in total. The van der Waals surface area contributed by atoms with Crippen LogP contribution in [0.4, 0.5) is 0 Å². The fourth-order valence-electron chi connectivity index (χ4n) is 3.09. The van der Waals surface area contributed by atoms with E-state index in [0.29, 0.717) is 10.9 Å². The molecule has 112 valence electrons. The van der Waals surface area contributed by atoms with Crippen LogP contribution in [0, 0.1) is 5.92 Å². The summed E-state index contributed by atoms with van der Waals surface area (Å²) in [6, 6.07) is 7.98. The Kier molecular flexibility index (Phi) is 4.86. The Morgan fingerprint density at radius 1 is 1.10 bits per heavy atom. The molecule has 0 heterocycles. The van der Waals surface area contributed by atoms with Gasteiger partial charge in [-0.3, -0.25) is 0 Å². The Hall–Kier alpha value is -0.870. The van der Waals surface area contributed by atoms with Gasteiger partial charge in [-0.25, -0.2) is 8.42 Å². The number of rotatable bonds is 5. The Morgan fingerprint density at radius 3 is 2.15 bits per heavy atom. The van der Waals surface area contributed by atoms with Crippen molar-refractivity contribution in [2.45, 2.75) is 56.5 Å². The van der Waals surface area contributed by atoms with Crippen LogP contribution in [0.2, 0.25) is 0 Å². The van der Waals surface area contributed by atoms with E-state index in [0.717, 1.165) is 11.5 Å². The van der Waals surface area contributed by atoms with Gasteiger partial charge in [0.1, 0.15) is 0 Å². The van der Waals surface area contributed by atoms with Gasteiger partial charge in [-0.2, -0.15) is 0 Å². The van der Waals surface area contributed by atoms with Crippen LogP contribution in [0.5, 0.6) is 0 Å². The van der Waals surface area contributed by atoms with E-state index in [1.807, 2.05) is 12.1 Å². The normalized spacial score (nSPS) is 19.9. The first-order chi connectivity index (χ1) is 9.38. The van der Waals surface area contributed by atoms with Crippen LogP contribution in [0.3, 0.4) is 0 Å². The Balaban J connectivity index is 2.00. The zero-order valence-corrected chi connectivity index (χ0v) is 13.4. The summed E-state index contributed by atoms with van der Waals surface area (Å²) in [5.41, 5.74) is 1.14. The zero-order chi connectivity index (χ0) is 14.8. The molecule has 0 saturated heterocycles. The van der Waals surface area contributed by atoms with E-state index in [9.17, 15) is 8.42 Å². The van der Waals surface area contributed by atoms with Gasteiger partial charge in [0.15, 0.2) is 9.84 Å². The molecular weight excluding hydrogens is 270 g/mol. The van der Waals surface area contributed by atoms with E-state index in [1.165, 1.54) is 31.9 Å². The van der Waals surface area contributed by atoms with Crippen molar-refractivity contribution >= 4 is 9.84 Å². The third-order valence-corrected chi connectivity index (χ3v) is 5.56. The van der Waals surface area contributed by atoms with E-state index >= 15 is 0 Å². The molecule has 1 saturated carbocycles. The van der Waals surface area contributed by atoms with Crippen LogP contribution in [0.25, 0.3) is 0 Å². The third kappa shape index (κ3) is 3.83. The average Bonchev–Trinajstić information content (AvgIpc) is 2.91. The summed E-state index contributed by atoms with van der Waals surface area (Å²) in [4.78, 5) is 0.386. The standard InChI is InChI=1S/C16H25NO2S/c1-12(14-6-4-5-7-14)17-13(2)15-8-10-16(11-9-15)20(3,18)19/h8-14,17H,4-7H2,1-3H3. The van der Waals surface area contributed by atoms with Gasteiger partial charge in [0.05, 0.1) is 4.90 Å². The summed E-state index contributed by atoms with van der Waals surface area (Å²) in [5.74, 6) is 0.785.